The van der Waals surface area contributed by atoms with E-state index in [0.717, 1.165) is 5.56 Å². The molecule has 1 aromatic carbocycles. The number of rotatable bonds is 2. The summed E-state index contributed by atoms with van der Waals surface area (Å²) in [6, 6.07) is 8.55. The van der Waals surface area contributed by atoms with E-state index >= 15 is 0 Å². The van der Waals surface area contributed by atoms with E-state index in [1.54, 1.807) is 24.3 Å². The Morgan fingerprint density at radius 3 is 2.59 bits per heavy atom. The average molecular weight is 249 g/mol. The molecule has 0 saturated carbocycles. The molecule has 0 unspecified atom stereocenters. The van der Waals surface area contributed by atoms with E-state index in [0.29, 0.717) is 10.7 Å². The van der Waals surface area contributed by atoms with E-state index in [4.69, 9.17) is 11.6 Å². The molecule has 0 spiro atoms. The number of hydrogen-bond acceptors (Lipinski definition) is 3. The normalized spacial score (nSPS) is 10.9. The van der Waals surface area contributed by atoms with E-state index < -0.39 is 5.56 Å². The van der Waals surface area contributed by atoms with Gasteiger partial charge in [0, 0.05) is 11.1 Å². The van der Waals surface area contributed by atoms with Crippen LogP contribution in [0, 0.1) is 0 Å². The summed E-state index contributed by atoms with van der Waals surface area (Å²) in [6.45, 7) is 0. The zero-order valence-corrected chi connectivity index (χ0v) is 9.48. The van der Waals surface area contributed by atoms with Gasteiger partial charge in [0.2, 0.25) is 0 Å². The largest absolute Gasteiger partial charge is 0.503 e. The third-order valence-corrected chi connectivity index (χ3v) is 2.37. The van der Waals surface area contributed by atoms with Crippen molar-refractivity contribution in [1.29, 1.82) is 0 Å². The summed E-state index contributed by atoms with van der Waals surface area (Å²) in [5, 5.41) is 15.8. The van der Waals surface area contributed by atoms with E-state index in [1.807, 2.05) is 12.1 Å². The fourth-order valence-corrected chi connectivity index (χ4v) is 1.38. The van der Waals surface area contributed by atoms with Crippen LogP contribution in [0.2, 0.25) is 5.02 Å². The second-order valence-electron chi connectivity index (χ2n) is 3.39. The van der Waals surface area contributed by atoms with Gasteiger partial charge in [-0.3, -0.25) is 4.79 Å². The lowest BCUT2D eigenvalue weighted by Gasteiger charge is -1.95. The minimum absolute atomic E-state index is 0.351. The lowest BCUT2D eigenvalue weighted by Crippen LogP contribution is -2.07. The first-order valence-electron chi connectivity index (χ1n) is 4.87. The number of hydrogen-bond donors (Lipinski definition) is 2. The summed E-state index contributed by atoms with van der Waals surface area (Å²) in [5.74, 6) is -0.351. The summed E-state index contributed by atoms with van der Waals surface area (Å²) in [5.41, 5.74) is 0.813. The molecule has 4 nitrogen and oxygen atoms in total. The first kappa shape index (κ1) is 11.4. The monoisotopic (exact) mass is 248 g/mol. The highest BCUT2D eigenvalue weighted by molar-refractivity contribution is 6.30. The number of aromatic nitrogens is 2. The van der Waals surface area contributed by atoms with Crippen molar-refractivity contribution in [3.05, 3.63) is 57.0 Å². The Labute approximate surface area is 102 Å². The summed E-state index contributed by atoms with van der Waals surface area (Å²) < 4.78 is 0. The van der Waals surface area contributed by atoms with Crippen LogP contribution in [-0.4, -0.2) is 15.3 Å². The van der Waals surface area contributed by atoms with Gasteiger partial charge in [-0.2, -0.15) is 5.10 Å². The van der Waals surface area contributed by atoms with Crippen LogP contribution in [0.25, 0.3) is 12.2 Å². The molecule has 0 saturated heterocycles. The van der Waals surface area contributed by atoms with Crippen LogP contribution in [0.5, 0.6) is 5.75 Å². The van der Waals surface area contributed by atoms with Crippen molar-refractivity contribution in [2.75, 3.05) is 0 Å². The molecule has 0 aliphatic rings. The number of aromatic hydroxyl groups is 1. The minimum Gasteiger partial charge on any atom is -0.503 e. The molecule has 0 fully saturated rings. The molecule has 86 valence electrons. The smallest absolute Gasteiger partial charge is 0.306 e. The molecule has 0 atom stereocenters. The average Bonchev–Trinajstić information content (AvgIpc) is 2.33. The van der Waals surface area contributed by atoms with Gasteiger partial charge >= 0.3 is 5.56 Å². The van der Waals surface area contributed by atoms with Crippen LogP contribution >= 0.6 is 11.6 Å². The number of benzene rings is 1. The quantitative estimate of drug-likeness (QED) is 0.857. The van der Waals surface area contributed by atoms with E-state index in [2.05, 4.69) is 10.2 Å². The molecule has 1 aromatic heterocycles. The van der Waals surface area contributed by atoms with Gasteiger partial charge in [-0.05, 0) is 23.8 Å². The first-order chi connectivity index (χ1) is 8.15. The molecule has 5 heteroatoms. The molecule has 2 N–H and O–H groups in total. The molecule has 1 heterocycles. The van der Waals surface area contributed by atoms with Crippen LogP contribution < -0.4 is 5.56 Å². The molecule has 0 radical (unpaired) electrons. The first-order valence-corrected chi connectivity index (χ1v) is 5.25. The molecule has 0 aliphatic carbocycles. The zero-order valence-electron chi connectivity index (χ0n) is 8.72. The van der Waals surface area contributed by atoms with E-state index in [9.17, 15) is 9.90 Å². The Hall–Kier alpha value is -2.07. The summed E-state index contributed by atoms with van der Waals surface area (Å²) >= 11 is 5.76. The summed E-state index contributed by atoms with van der Waals surface area (Å²) in [4.78, 5) is 10.9. The second-order valence-corrected chi connectivity index (χ2v) is 3.83. The highest BCUT2D eigenvalue weighted by Crippen LogP contribution is 2.12. The maximum absolute atomic E-state index is 10.9. The van der Waals surface area contributed by atoms with Crippen LogP contribution in [0.4, 0.5) is 0 Å². The standard InChI is InChI=1S/C12H9ClN2O2/c13-9-4-1-8(2-5-9)3-6-10-7-11(16)12(17)15-14-10/h1-7H,(H,14,16)(H,15,17)/b6-3+. The van der Waals surface area contributed by atoms with Crippen LogP contribution in [0.3, 0.4) is 0 Å². The fourth-order valence-electron chi connectivity index (χ4n) is 1.25. The maximum atomic E-state index is 10.9. The Bertz CT molecular complexity index is 603. The predicted octanol–water partition coefficient (Wildman–Crippen LogP) is 2.30. The van der Waals surface area contributed by atoms with Crippen molar-refractivity contribution in [3.63, 3.8) is 0 Å². The topological polar surface area (TPSA) is 66.0 Å². The van der Waals surface area contributed by atoms with Crippen molar-refractivity contribution in [3.8, 4) is 5.75 Å². The zero-order chi connectivity index (χ0) is 12.3. The lowest BCUT2D eigenvalue weighted by molar-refractivity contribution is 0.463. The van der Waals surface area contributed by atoms with Crippen LogP contribution in [-0.2, 0) is 0 Å². The second kappa shape index (κ2) is 4.84. The summed E-state index contributed by atoms with van der Waals surface area (Å²) in [7, 11) is 0. The Kier molecular flexibility index (Phi) is 3.25. The van der Waals surface area contributed by atoms with Gasteiger partial charge in [-0.25, -0.2) is 5.10 Å². The molecule has 0 amide bonds. The van der Waals surface area contributed by atoms with Crippen molar-refractivity contribution < 1.29 is 5.11 Å². The van der Waals surface area contributed by atoms with Crippen LogP contribution in [0.1, 0.15) is 11.3 Å². The van der Waals surface area contributed by atoms with Gasteiger partial charge in [0.25, 0.3) is 0 Å². The highest BCUT2D eigenvalue weighted by Gasteiger charge is 1.97. The van der Waals surface area contributed by atoms with E-state index in [1.165, 1.54) is 6.07 Å². The number of H-pyrrole nitrogens is 1. The molecule has 0 aliphatic heterocycles. The number of nitrogens with zero attached hydrogens (tertiary/aromatic N) is 1. The molecular weight excluding hydrogens is 240 g/mol. The lowest BCUT2D eigenvalue weighted by atomic mass is 10.2. The van der Waals surface area contributed by atoms with Gasteiger partial charge in [0.1, 0.15) is 0 Å². The van der Waals surface area contributed by atoms with Gasteiger partial charge in [0.05, 0.1) is 5.69 Å². The summed E-state index contributed by atoms with van der Waals surface area (Å²) in [6.07, 6.45) is 3.48. The van der Waals surface area contributed by atoms with E-state index in [-0.39, 0.29) is 5.75 Å². The molecular formula is C12H9ClN2O2. The maximum Gasteiger partial charge on any atom is 0.306 e. The Morgan fingerprint density at radius 2 is 1.94 bits per heavy atom. The van der Waals surface area contributed by atoms with Crippen molar-refractivity contribution in [1.82, 2.24) is 10.2 Å². The SMILES string of the molecule is O=c1[nH]nc(/C=C/c2ccc(Cl)cc2)cc1O. The number of halogens is 1. The third kappa shape index (κ3) is 2.95. The Balaban J connectivity index is 2.22. The van der Waals surface area contributed by atoms with Crippen LogP contribution in [0.15, 0.2) is 35.1 Å². The predicted molar refractivity (Wildman–Crippen MR) is 66.9 cm³/mol. The van der Waals surface area contributed by atoms with Crippen molar-refractivity contribution >= 4 is 23.8 Å². The number of nitrogens with one attached hydrogen (secondary N) is 1. The van der Waals surface area contributed by atoms with Crippen molar-refractivity contribution in [2.45, 2.75) is 0 Å². The third-order valence-electron chi connectivity index (χ3n) is 2.12. The minimum atomic E-state index is -0.603. The van der Waals surface area contributed by atoms with Gasteiger partial charge in [-0.1, -0.05) is 29.8 Å². The molecule has 2 aromatic rings. The van der Waals surface area contributed by atoms with Gasteiger partial charge in [0.15, 0.2) is 5.75 Å². The fraction of sp³-hybridized carbons (Fsp3) is 0. The Morgan fingerprint density at radius 1 is 1.24 bits per heavy atom. The molecule has 0 bridgehead atoms. The van der Waals surface area contributed by atoms with Gasteiger partial charge in [-0.15, -0.1) is 0 Å². The highest BCUT2D eigenvalue weighted by atomic mass is 35.5. The van der Waals surface area contributed by atoms with Crippen molar-refractivity contribution in [2.24, 2.45) is 0 Å². The van der Waals surface area contributed by atoms with Gasteiger partial charge < -0.3 is 5.11 Å². The molecule has 2 rings (SSSR count). The number of aromatic amines is 1. The molecule has 17 heavy (non-hydrogen) atoms.